The summed E-state index contributed by atoms with van der Waals surface area (Å²) in [5, 5.41) is 10.6. The summed E-state index contributed by atoms with van der Waals surface area (Å²) in [6.45, 7) is 1.67. The molecule has 1 aromatic rings. The highest BCUT2D eigenvalue weighted by Crippen LogP contribution is 2.23. The van der Waals surface area contributed by atoms with E-state index in [1.165, 1.54) is 0 Å². The molecule has 0 aliphatic carbocycles. The van der Waals surface area contributed by atoms with Crippen molar-refractivity contribution < 1.29 is 13.5 Å². The van der Waals surface area contributed by atoms with E-state index in [0.717, 1.165) is 0 Å². The first-order valence-corrected chi connectivity index (χ1v) is 7.86. The van der Waals surface area contributed by atoms with Gasteiger partial charge in [-0.1, -0.05) is 30.1 Å². The molecule has 0 saturated carbocycles. The molecule has 0 saturated heterocycles. The van der Waals surface area contributed by atoms with Gasteiger partial charge in [0.25, 0.3) is 0 Å². The molecule has 1 rings (SSSR count). The van der Waals surface area contributed by atoms with E-state index in [9.17, 15) is 13.5 Å². The molecule has 4 nitrogen and oxygen atoms in total. The molecule has 1 aromatic carbocycles. The Morgan fingerprint density at radius 2 is 1.83 bits per heavy atom. The van der Waals surface area contributed by atoms with E-state index in [4.69, 9.17) is 23.2 Å². The van der Waals surface area contributed by atoms with Gasteiger partial charge in [-0.15, -0.1) is 0 Å². The molecule has 0 aliphatic rings. The number of hydrogen-bond donors (Lipinski definition) is 2. The van der Waals surface area contributed by atoms with Crippen molar-refractivity contribution in [3.05, 3.63) is 33.8 Å². The number of hydrogen-bond acceptors (Lipinski definition) is 3. The Bertz CT molecular complexity index is 485. The minimum absolute atomic E-state index is 0.0377. The van der Waals surface area contributed by atoms with Crippen LogP contribution in [0, 0.1) is 0 Å². The minimum Gasteiger partial charge on any atom is -0.387 e. The second-order valence-corrected chi connectivity index (χ2v) is 6.69. The summed E-state index contributed by atoms with van der Waals surface area (Å²) in [5.41, 5.74) is 0.478. The Morgan fingerprint density at radius 1 is 1.28 bits per heavy atom. The van der Waals surface area contributed by atoms with E-state index in [1.54, 1.807) is 25.1 Å². The summed E-state index contributed by atoms with van der Waals surface area (Å²) in [6.07, 6.45) is -0.457. The highest BCUT2D eigenvalue weighted by molar-refractivity contribution is 7.89. The van der Waals surface area contributed by atoms with Crippen LogP contribution in [0.1, 0.15) is 25.0 Å². The van der Waals surface area contributed by atoms with Gasteiger partial charge in [-0.2, -0.15) is 0 Å². The van der Waals surface area contributed by atoms with Crippen LogP contribution in [0.5, 0.6) is 0 Å². The molecule has 18 heavy (non-hydrogen) atoms. The molecule has 7 heteroatoms. The van der Waals surface area contributed by atoms with Crippen LogP contribution in [0.25, 0.3) is 0 Å². The van der Waals surface area contributed by atoms with Crippen molar-refractivity contribution >= 4 is 33.2 Å². The molecule has 0 heterocycles. The van der Waals surface area contributed by atoms with E-state index < -0.39 is 16.1 Å². The van der Waals surface area contributed by atoms with Crippen LogP contribution in [0.2, 0.25) is 10.0 Å². The zero-order valence-electron chi connectivity index (χ0n) is 9.86. The molecule has 1 unspecified atom stereocenters. The van der Waals surface area contributed by atoms with Gasteiger partial charge < -0.3 is 5.11 Å². The standard InChI is InChI=1S/C11H15Cl2NO3S/c1-2-3-18(16,17)14-7-11(15)8-4-9(12)6-10(13)5-8/h4-6,11,14-15H,2-3,7H2,1H3. The second-order valence-electron chi connectivity index (χ2n) is 3.89. The van der Waals surface area contributed by atoms with Crippen molar-refractivity contribution in [1.82, 2.24) is 4.72 Å². The normalized spacial score (nSPS) is 13.6. The van der Waals surface area contributed by atoms with Gasteiger partial charge in [0, 0.05) is 16.6 Å². The number of aliphatic hydroxyl groups excluding tert-OH is 1. The number of aliphatic hydroxyl groups is 1. The highest BCUT2D eigenvalue weighted by Gasteiger charge is 2.14. The topological polar surface area (TPSA) is 66.4 Å². The van der Waals surface area contributed by atoms with Crippen molar-refractivity contribution in [2.75, 3.05) is 12.3 Å². The number of sulfonamides is 1. The van der Waals surface area contributed by atoms with Gasteiger partial charge in [-0.3, -0.25) is 0 Å². The van der Waals surface area contributed by atoms with Crippen LogP contribution in [0.15, 0.2) is 18.2 Å². The average Bonchev–Trinajstić information content (AvgIpc) is 2.24. The van der Waals surface area contributed by atoms with E-state index in [1.807, 2.05) is 0 Å². The predicted octanol–water partition coefficient (Wildman–Crippen LogP) is 2.36. The second kappa shape index (κ2) is 6.73. The number of rotatable bonds is 6. The Morgan fingerprint density at radius 3 is 2.33 bits per heavy atom. The van der Waals surface area contributed by atoms with Crippen LogP contribution < -0.4 is 4.72 Å². The number of benzene rings is 1. The summed E-state index contributed by atoms with van der Waals surface area (Å²) >= 11 is 11.6. The lowest BCUT2D eigenvalue weighted by Gasteiger charge is -2.13. The molecular weight excluding hydrogens is 297 g/mol. The lowest BCUT2D eigenvalue weighted by molar-refractivity contribution is 0.182. The third-order valence-corrected chi connectivity index (χ3v) is 4.23. The molecule has 0 bridgehead atoms. The molecule has 0 spiro atoms. The maximum Gasteiger partial charge on any atom is 0.211 e. The van der Waals surface area contributed by atoms with Gasteiger partial charge in [0.2, 0.25) is 10.0 Å². The van der Waals surface area contributed by atoms with Crippen LogP contribution in [0.3, 0.4) is 0 Å². The van der Waals surface area contributed by atoms with E-state index >= 15 is 0 Å². The SMILES string of the molecule is CCCS(=O)(=O)NCC(O)c1cc(Cl)cc(Cl)c1. The lowest BCUT2D eigenvalue weighted by atomic mass is 10.1. The van der Waals surface area contributed by atoms with Gasteiger partial charge in [-0.05, 0) is 30.2 Å². The molecule has 0 fully saturated rings. The zero-order chi connectivity index (χ0) is 13.8. The van der Waals surface area contributed by atoms with Crippen LogP contribution in [0.4, 0.5) is 0 Å². The fraction of sp³-hybridized carbons (Fsp3) is 0.455. The first-order chi connectivity index (χ1) is 8.34. The van der Waals surface area contributed by atoms with Crippen LogP contribution in [-0.4, -0.2) is 25.8 Å². The molecule has 2 N–H and O–H groups in total. The Labute approximate surface area is 117 Å². The summed E-state index contributed by atoms with van der Waals surface area (Å²) in [4.78, 5) is 0. The fourth-order valence-electron chi connectivity index (χ4n) is 1.43. The Balaban J connectivity index is 2.68. The van der Waals surface area contributed by atoms with Gasteiger partial charge in [-0.25, -0.2) is 13.1 Å². The molecule has 0 amide bonds. The van der Waals surface area contributed by atoms with Gasteiger partial charge in [0.05, 0.1) is 11.9 Å². The maximum absolute atomic E-state index is 11.4. The average molecular weight is 312 g/mol. The summed E-state index contributed by atoms with van der Waals surface area (Å²) < 4.78 is 25.2. The molecule has 1 atom stereocenters. The lowest BCUT2D eigenvalue weighted by Crippen LogP contribution is -2.30. The number of nitrogens with one attached hydrogen (secondary N) is 1. The zero-order valence-corrected chi connectivity index (χ0v) is 12.2. The van der Waals surface area contributed by atoms with E-state index in [0.29, 0.717) is 22.0 Å². The number of halogens is 2. The van der Waals surface area contributed by atoms with Crippen LogP contribution >= 0.6 is 23.2 Å². The van der Waals surface area contributed by atoms with Gasteiger partial charge >= 0.3 is 0 Å². The van der Waals surface area contributed by atoms with Gasteiger partial charge in [0.1, 0.15) is 0 Å². The molecule has 0 radical (unpaired) electrons. The van der Waals surface area contributed by atoms with Crippen molar-refractivity contribution in [2.45, 2.75) is 19.4 Å². The summed E-state index contributed by atoms with van der Waals surface area (Å²) in [6, 6.07) is 4.64. The molecular formula is C11H15Cl2NO3S. The van der Waals surface area contributed by atoms with E-state index in [-0.39, 0.29) is 12.3 Å². The molecule has 0 aromatic heterocycles. The summed E-state index contributed by atoms with van der Waals surface area (Å²) in [5.74, 6) is 0.0377. The first kappa shape index (κ1) is 15.7. The monoisotopic (exact) mass is 311 g/mol. The van der Waals surface area contributed by atoms with Crippen molar-refractivity contribution in [3.63, 3.8) is 0 Å². The Kier molecular flexibility index (Phi) is 5.88. The smallest absolute Gasteiger partial charge is 0.211 e. The maximum atomic E-state index is 11.4. The highest BCUT2D eigenvalue weighted by atomic mass is 35.5. The fourth-order valence-corrected chi connectivity index (χ4v) is 3.07. The van der Waals surface area contributed by atoms with Crippen molar-refractivity contribution in [2.24, 2.45) is 0 Å². The van der Waals surface area contributed by atoms with Crippen molar-refractivity contribution in [1.29, 1.82) is 0 Å². The van der Waals surface area contributed by atoms with Gasteiger partial charge in [0.15, 0.2) is 0 Å². The van der Waals surface area contributed by atoms with Crippen LogP contribution in [-0.2, 0) is 10.0 Å². The Hall–Kier alpha value is -0.330. The predicted molar refractivity (Wildman–Crippen MR) is 73.5 cm³/mol. The molecule has 0 aliphatic heterocycles. The summed E-state index contributed by atoms with van der Waals surface area (Å²) in [7, 11) is -3.33. The quantitative estimate of drug-likeness (QED) is 0.847. The molecule has 102 valence electrons. The first-order valence-electron chi connectivity index (χ1n) is 5.45. The van der Waals surface area contributed by atoms with Crippen molar-refractivity contribution in [3.8, 4) is 0 Å². The third kappa shape index (κ3) is 5.12. The minimum atomic E-state index is -3.33. The largest absolute Gasteiger partial charge is 0.387 e. The van der Waals surface area contributed by atoms with E-state index in [2.05, 4.69) is 4.72 Å². The third-order valence-electron chi connectivity index (χ3n) is 2.24.